The molecule has 4 aromatic rings. The normalized spacial score (nSPS) is 24.6. The number of hydrogen-bond acceptors (Lipinski definition) is 13. The van der Waals surface area contributed by atoms with Crippen LogP contribution >= 0.6 is 11.3 Å². The Labute approximate surface area is 402 Å². The second-order valence-electron chi connectivity index (χ2n) is 19.3. The predicted octanol–water partition coefficient (Wildman–Crippen LogP) is 4.72. The number of carbonyl (C=O) groups is 2. The number of hydrogen-bond donors (Lipinski definition) is 2. The highest BCUT2D eigenvalue weighted by atomic mass is 32.1. The molecule has 6 bridgehead atoms. The van der Waals surface area contributed by atoms with E-state index in [1.165, 1.54) is 16.3 Å². The Morgan fingerprint density at radius 2 is 1.90 bits per heavy atom. The third-order valence-electron chi connectivity index (χ3n) is 13.8. The van der Waals surface area contributed by atoms with Gasteiger partial charge in [0.2, 0.25) is 10.6 Å². The smallest absolute Gasteiger partial charge is 0.326 e. The number of morpholine rings is 2. The van der Waals surface area contributed by atoms with E-state index in [0.29, 0.717) is 94.1 Å². The molecular formula is C50H65N9O8S+2. The van der Waals surface area contributed by atoms with Gasteiger partial charge < -0.3 is 28.8 Å². The highest BCUT2D eigenvalue weighted by Gasteiger charge is 2.46. The van der Waals surface area contributed by atoms with Crippen LogP contribution in [0.2, 0.25) is 0 Å². The zero-order chi connectivity index (χ0) is 47.7. The van der Waals surface area contributed by atoms with E-state index in [2.05, 4.69) is 88.6 Å². The van der Waals surface area contributed by atoms with Crippen LogP contribution in [0.3, 0.4) is 0 Å². The zero-order valence-corrected chi connectivity index (χ0v) is 41.2. The number of methoxy groups -OCH3 is 1. The molecule has 0 spiro atoms. The lowest BCUT2D eigenvalue weighted by Crippen LogP contribution is -2.64. The van der Waals surface area contributed by atoms with Gasteiger partial charge in [-0.2, -0.15) is 5.43 Å². The third-order valence-corrected chi connectivity index (χ3v) is 14.7. The van der Waals surface area contributed by atoms with Crippen molar-refractivity contribution < 1.29 is 42.9 Å². The molecule has 3 aromatic heterocycles. The van der Waals surface area contributed by atoms with E-state index in [1.807, 2.05) is 25.4 Å². The largest absolute Gasteiger partial charge is 0.379 e. The number of aromatic nitrogens is 3. The van der Waals surface area contributed by atoms with Crippen molar-refractivity contribution in [3.63, 3.8) is 0 Å². The first kappa shape index (κ1) is 47.9. The lowest BCUT2D eigenvalue weighted by Gasteiger charge is -2.35. The maximum atomic E-state index is 15.0. The first-order chi connectivity index (χ1) is 32.8. The Kier molecular flexibility index (Phi) is 14.4. The van der Waals surface area contributed by atoms with Crippen molar-refractivity contribution in [3.8, 4) is 34.4 Å². The van der Waals surface area contributed by atoms with Crippen molar-refractivity contribution >= 4 is 39.8 Å². The number of thiazole rings is 1. The topological polar surface area (TPSA) is 165 Å². The van der Waals surface area contributed by atoms with Crippen molar-refractivity contribution in [2.45, 2.75) is 97.8 Å². The Morgan fingerprint density at radius 1 is 1.12 bits per heavy atom. The summed E-state index contributed by atoms with van der Waals surface area (Å²) >= 11 is 1.43. The summed E-state index contributed by atoms with van der Waals surface area (Å²) in [7, 11) is 1.70. The van der Waals surface area contributed by atoms with Gasteiger partial charge in [0, 0.05) is 90.2 Å². The summed E-state index contributed by atoms with van der Waals surface area (Å²) in [6.07, 6.45) is 1.50. The van der Waals surface area contributed by atoms with Gasteiger partial charge in [-0.3, -0.25) is 24.5 Å². The molecule has 5 aliphatic heterocycles. The van der Waals surface area contributed by atoms with Gasteiger partial charge in [-0.25, -0.2) is 14.4 Å². The number of amides is 2. The minimum atomic E-state index is -1.14. The molecule has 2 amide bonds. The molecule has 2 N–H and O–H groups in total. The lowest BCUT2D eigenvalue weighted by molar-refractivity contribution is -0.835. The number of ether oxygens (including phenoxy) is 4. The molecule has 68 heavy (non-hydrogen) atoms. The van der Waals surface area contributed by atoms with Crippen LogP contribution in [-0.2, 0) is 46.3 Å². The fourth-order valence-corrected chi connectivity index (χ4v) is 10.8. The summed E-state index contributed by atoms with van der Waals surface area (Å²) in [6.45, 7) is 19.0. The number of nitrogens with zero attached hydrogens (tertiary/aromatic N) is 7. The molecule has 0 aliphatic carbocycles. The molecule has 6 atom stereocenters. The van der Waals surface area contributed by atoms with Gasteiger partial charge in [0.05, 0.1) is 54.0 Å². The average Bonchev–Trinajstić information content (AvgIpc) is 3.96. The van der Waals surface area contributed by atoms with Crippen molar-refractivity contribution in [2.75, 3.05) is 79.5 Å². The van der Waals surface area contributed by atoms with Crippen LogP contribution in [0.1, 0.15) is 82.3 Å². The molecular weight excluding hydrogens is 887 g/mol. The first-order valence-corrected chi connectivity index (χ1v) is 25.0. The summed E-state index contributed by atoms with van der Waals surface area (Å²) in [5.41, 5.74) is 10.5. The fraction of sp³-hybridized carbons (Fsp3) is 0.580. The van der Waals surface area contributed by atoms with E-state index < -0.39 is 29.6 Å². The van der Waals surface area contributed by atoms with Crippen LogP contribution in [0.4, 0.5) is 0 Å². The summed E-state index contributed by atoms with van der Waals surface area (Å²) in [4.78, 5) is 62.3. The Bertz CT molecular complexity index is 2640. The van der Waals surface area contributed by atoms with Gasteiger partial charge >= 0.3 is 6.17 Å². The van der Waals surface area contributed by atoms with Crippen LogP contribution in [0, 0.1) is 28.1 Å². The zero-order valence-electron chi connectivity index (χ0n) is 40.3. The number of hydrazine groups is 1. The summed E-state index contributed by atoms with van der Waals surface area (Å²) in [5, 5.41) is 8.20. The van der Waals surface area contributed by atoms with Gasteiger partial charge in [-0.15, -0.1) is 11.3 Å². The van der Waals surface area contributed by atoms with Crippen molar-refractivity contribution in [1.82, 2.24) is 35.2 Å². The van der Waals surface area contributed by atoms with Gasteiger partial charge in [-0.1, -0.05) is 38.7 Å². The molecule has 4 saturated heterocycles. The SMILES string of the molecule is CCn1c(-c2cc(C#C[C@@H](C)N3CCOCC3)cnc2[C@H](C)OC)c2c3cc(ccc31)-c1csc(n1)C(=[N+]1CCOCC1)[C@H](NC(=O)[C@H]1OC[C@@H]1C)C(=O)N1CCC[C@H](N1)[N+](=O)OCC(C)(C)C2. The molecule has 0 radical (unpaired) electrons. The van der Waals surface area contributed by atoms with Gasteiger partial charge in [0.25, 0.3) is 11.8 Å². The number of fused-ring (bicyclic) bond motifs is 6. The summed E-state index contributed by atoms with van der Waals surface area (Å²) < 4.78 is 27.5. The molecule has 362 valence electrons. The van der Waals surface area contributed by atoms with Crippen LogP contribution < -0.4 is 10.7 Å². The average molecular weight is 952 g/mol. The fourth-order valence-electron chi connectivity index (χ4n) is 9.86. The third kappa shape index (κ3) is 9.84. The highest BCUT2D eigenvalue weighted by molar-refractivity contribution is 7.12. The lowest BCUT2D eigenvalue weighted by atomic mass is 9.84. The maximum absolute atomic E-state index is 15.0. The molecule has 1 aromatic carbocycles. The van der Waals surface area contributed by atoms with Crippen molar-refractivity contribution in [1.29, 1.82) is 0 Å². The van der Waals surface area contributed by atoms with Gasteiger partial charge in [-0.05, 0) is 57.4 Å². The van der Waals surface area contributed by atoms with Crippen molar-refractivity contribution in [3.05, 3.63) is 62.6 Å². The molecule has 0 saturated carbocycles. The number of carbonyl (C=O) groups excluding carboxylic acids is 2. The minimum Gasteiger partial charge on any atom is -0.379 e. The number of pyridine rings is 1. The first-order valence-electron chi connectivity index (χ1n) is 24.1. The Morgan fingerprint density at radius 3 is 2.62 bits per heavy atom. The second kappa shape index (κ2) is 20.5. The molecule has 9 rings (SSSR count). The monoisotopic (exact) mass is 951 g/mol. The van der Waals surface area contributed by atoms with E-state index in [9.17, 15) is 14.5 Å². The van der Waals surface area contributed by atoms with Crippen molar-refractivity contribution in [2.24, 2.45) is 11.3 Å². The molecule has 4 fully saturated rings. The summed E-state index contributed by atoms with van der Waals surface area (Å²) in [6, 6.07) is 7.50. The van der Waals surface area contributed by atoms with E-state index in [4.69, 9.17) is 33.8 Å². The van der Waals surface area contributed by atoms with Crippen LogP contribution in [0.25, 0.3) is 33.4 Å². The molecule has 17 nitrogen and oxygen atoms in total. The predicted molar refractivity (Wildman–Crippen MR) is 257 cm³/mol. The van der Waals surface area contributed by atoms with Gasteiger partial charge in [0.15, 0.2) is 30.7 Å². The van der Waals surface area contributed by atoms with Crippen LogP contribution in [0.15, 0.2) is 35.8 Å². The quantitative estimate of drug-likeness (QED) is 0.194. The molecule has 8 heterocycles. The minimum absolute atomic E-state index is 0.00309. The number of rotatable bonds is 7. The van der Waals surface area contributed by atoms with Crippen LogP contribution in [-0.4, -0.2) is 155 Å². The Balaban J connectivity index is 1.21. The van der Waals surface area contributed by atoms with E-state index >= 15 is 0 Å². The molecule has 18 heteroatoms. The summed E-state index contributed by atoms with van der Waals surface area (Å²) in [5.74, 6) is 6.16. The number of benzene rings is 1. The highest BCUT2D eigenvalue weighted by Crippen LogP contribution is 2.42. The maximum Gasteiger partial charge on any atom is 0.326 e. The molecule has 5 aliphatic rings. The van der Waals surface area contributed by atoms with E-state index in [0.717, 1.165) is 63.3 Å². The number of aryl methyl sites for hydroxylation is 1. The van der Waals surface area contributed by atoms with E-state index in [-0.39, 0.29) is 30.6 Å². The molecule has 0 unspecified atom stereocenters. The van der Waals surface area contributed by atoms with Crippen LogP contribution in [0.5, 0.6) is 0 Å². The number of nitrogens with one attached hydrogen (secondary N) is 2. The standard InChI is InChI=1S/C50H64N9O8S/c1-8-57-40-14-13-35-25-36(40)38(44(57)37-24-34(27-51-42(37)33(4)63-7)12-11-32(3)55-16-20-64-21-17-55)26-50(5,6)30-67-59(62)41-10-9-15-58(54-41)49(61)43(53-47(60)46-31(2)28-66-46)45(48-52-39(35)29-68-48)56-18-22-65-23-19-56/h13-14,24-25,27,29,31-33,41,43,46,54H,8-10,15-23,26,28,30H2,1-7H3/q+1/p+1/t31-,32+,33-,41+,43-,46-/m0/s1. The van der Waals surface area contributed by atoms with Gasteiger partial charge in [0.1, 0.15) is 19.3 Å². The Hall–Kier alpha value is -5.13. The van der Waals surface area contributed by atoms with E-state index in [1.54, 1.807) is 7.11 Å². The second-order valence-corrected chi connectivity index (χ2v) is 20.2.